The molecule has 3 aromatic rings. The van der Waals surface area contributed by atoms with Crippen molar-refractivity contribution in [2.45, 2.75) is 20.5 Å². The summed E-state index contributed by atoms with van der Waals surface area (Å²) in [5.41, 5.74) is 2.78. The topological polar surface area (TPSA) is 71.3 Å². The fourth-order valence-corrected chi connectivity index (χ4v) is 4.37. The summed E-state index contributed by atoms with van der Waals surface area (Å²) in [4.78, 5) is 12.8. The first kappa shape index (κ1) is 27.2. The van der Waals surface area contributed by atoms with Gasteiger partial charge in [-0.15, -0.1) is 0 Å². The molecule has 9 heteroatoms. The van der Waals surface area contributed by atoms with Crippen LogP contribution in [0, 0.1) is 21.8 Å². The number of nitriles is 1. The van der Waals surface area contributed by atoms with Crippen LogP contribution < -0.4 is 14.8 Å². The Kier molecular flexibility index (Phi) is 9.70. The van der Waals surface area contributed by atoms with Crippen LogP contribution in [0.4, 0.5) is 5.69 Å². The van der Waals surface area contributed by atoms with E-state index in [-0.39, 0.29) is 12.2 Å². The molecule has 1 N–H and O–H groups in total. The van der Waals surface area contributed by atoms with Crippen LogP contribution in [0.3, 0.4) is 0 Å². The van der Waals surface area contributed by atoms with Gasteiger partial charge in [0.2, 0.25) is 0 Å². The third-order valence-corrected chi connectivity index (χ3v) is 6.60. The van der Waals surface area contributed by atoms with Crippen LogP contribution >= 0.6 is 57.4 Å². The van der Waals surface area contributed by atoms with Gasteiger partial charge < -0.3 is 14.8 Å². The van der Waals surface area contributed by atoms with Gasteiger partial charge >= 0.3 is 0 Å². The zero-order chi connectivity index (χ0) is 25.5. The molecule has 1 amide bonds. The van der Waals surface area contributed by atoms with Gasteiger partial charge in [0.25, 0.3) is 5.91 Å². The number of hydrogen-bond donors (Lipinski definition) is 1. The Morgan fingerprint density at radius 3 is 2.54 bits per heavy atom. The maximum atomic E-state index is 12.8. The molecule has 3 aromatic carbocycles. The van der Waals surface area contributed by atoms with Crippen LogP contribution in [0.5, 0.6) is 11.5 Å². The quantitative estimate of drug-likeness (QED) is 0.153. The fraction of sp³-hybridized carbons (Fsp3) is 0.154. The van der Waals surface area contributed by atoms with Crippen molar-refractivity contribution in [2.75, 3.05) is 11.9 Å². The molecule has 0 heterocycles. The van der Waals surface area contributed by atoms with Crippen molar-refractivity contribution >= 4 is 75.1 Å². The van der Waals surface area contributed by atoms with Crippen molar-refractivity contribution in [1.82, 2.24) is 0 Å². The first-order chi connectivity index (χ1) is 16.7. The van der Waals surface area contributed by atoms with Crippen molar-refractivity contribution in [1.29, 1.82) is 5.26 Å². The van der Waals surface area contributed by atoms with Gasteiger partial charge in [0.15, 0.2) is 11.5 Å². The fourth-order valence-electron chi connectivity index (χ4n) is 3.09. The Morgan fingerprint density at radius 2 is 1.86 bits per heavy atom. The molecule has 0 saturated heterocycles. The molecule has 0 atom stereocenters. The summed E-state index contributed by atoms with van der Waals surface area (Å²) in [7, 11) is 0. The molecule has 0 aromatic heterocycles. The minimum Gasteiger partial charge on any atom is -0.490 e. The monoisotopic (exact) mass is 640 g/mol. The Hall–Kier alpha value is -2.44. The predicted octanol–water partition coefficient (Wildman–Crippen LogP) is 8.08. The number of rotatable bonds is 8. The highest BCUT2D eigenvalue weighted by atomic mass is 127. The van der Waals surface area contributed by atoms with Crippen LogP contribution in [0.2, 0.25) is 15.1 Å². The molecule has 0 saturated carbocycles. The lowest BCUT2D eigenvalue weighted by Crippen LogP contribution is -2.14. The third kappa shape index (κ3) is 7.28. The van der Waals surface area contributed by atoms with E-state index < -0.39 is 5.91 Å². The summed E-state index contributed by atoms with van der Waals surface area (Å²) in [6, 6.07) is 16.0. The SMILES string of the molecule is CCOc1cc(/C=C(\C#N)C(=O)Nc2cc(Cl)ccc2C)cc(I)c1OCc1ccc(Cl)c(Cl)c1. The zero-order valence-corrected chi connectivity index (χ0v) is 23.2. The number of carbonyl (C=O) groups excluding carboxylic acids is 1. The molecular formula is C26H20Cl3IN2O3. The molecule has 0 aliphatic rings. The molecule has 0 aliphatic heterocycles. The second-order valence-corrected chi connectivity index (χ2v) is 9.80. The highest BCUT2D eigenvalue weighted by Crippen LogP contribution is 2.36. The van der Waals surface area contributed by atoms with Gasteiger partial charge in [-0.05, 0) is 95.6 Å². The highest BCUT2D eigenvalue weighted by Gasteiger charge is 2.15. The van der Waals surface area contributed by atoms with E-state index in [4.69, 9.17) is 44.3 Å². The molecule has 0 unspecified atom stereocenters. The summed E-state index contributed by atoms with van der Waals surface area (Å²) >= 11 is 20.2. The normalized spacial score (nSPS) is 11.1. The lowest BCUT2D eigenvalue weighted by atomic mass is 10.1. The van der Waals surface area contributed by atoms with Gasteiger partial charge in [-0.25, -0.2) is 0 Å². The number of nitrogens with zero attached hydrogens (tertiary/aromatic N) is 1. The van der Waals surface area contributed by atoms with Gasteiger partial charge in [-0.2, -0.15) is 5.26 Å². The van der Waals surface area contributed by atoms with Crippen LogP contribution in [-0.4, -0.2) is 12.5 Å². The smallest absolute Gasteiger partial charge is 0.266 e. The summed E-state index contributed by atoms with van der Waals surface area (Å²) in [6.45, 7) is 4.37. The molecule has 3 rings (SSSR count). The standard InChI is InChI=1S/C26H20Cl3IN2O3/c1-3-34-24-11-17(8-18(13-31)26(33)32-23-12-19(27)6-4-15(23)2)10-22(30)25(24)35-14-16-5-7-20(28)21(29)9-16/h4-12H,3,14H2,1-2H3,(H,32,33)/b18-8+. The van der Waals surface area contributed by atoms with Crippen molar-refractivity contribution in [3.05, 3.63) is 89.4 Å². The second-order valence-electron chi connectivity index (χ2n) is 7.38. The number of hydrogen-bond acceptors (Lipinski definition) is 4. The highest BCUT2D eigenvalue weighted by molar-refractivity contribution is 14.1. The zero-order valence-electron chi connectivity index (χ0n) is 18.8. The van der Waals surface area contributed by atoms with Gasteiger partial charge in [-0.3, -0.25) is 4.79 Å². The molecule has 0 aliphatic carbocycles. The average Bonchev–Trinajstić information content (AvgIpc) is 2.81. The van der Waals surface area contributed by atoms with E-state index in [9.17, 15) is 10.1 Å². The maximum absolute atomic E-state index is 12.8. The van der Waals surface area contributed by atoms with E-state index in [1.807, 2.05) is 32.0 Å². The molecule has 35 heavy (non-hydrogen) atoms. The number of anilines is 1. The van der Waals surface area contributed by atoms with Crippen LogP contribution in [0.25, 0.3) is 6.08 Å². The molecular weight excluding hydrogens is 622 g/mol. The van der Waals surface area contributed by atoms with E-state index in [0.717, 1.165) is 14.7 Å². The molecule has 0 bridgehead atoms. The maximum Gasteiger partial charge on any atom is 0.266 e. The predicted molar refractivity (Wildman–Crippen MR) is 150 cm³/mol. The molecule has 5 nitrogen and oxygen atoms in total. The minimum absolute atomic E-state index is 0.0629. The Labute approximate surface area is 232 Å². The Balaban J connectivity index is 1.86. The second kappa shape index (κ2) is 12.5. The van der Waals surface area contributed by atoms with Crippen molar-refractivity contribution in [3.63, 3.8) is 0 Å². The Morgan fingerprint density at radius 1 is 1.09 bits per heavy atom. The summed E-state index contributed by atoms with van der Waals surface area (Å²) < 4.78 is 12.6. The van der Waals surface area contributed by atoms with Gasteiger partial charge in [0.05, 0.1) is 20.2 Å². The van der Waals surface area contributed by atoms with Crippen molar-refractivity contribution in [3.8, 4) is 17.6 Å². The number of ether oxygens (including phenoxy) is 2. The lowest BCUT2D eigenvalue weighted by molar-refractivity contribution is -0.112. The lowest BCUT2D eigenvalue weighted by Gasteiger charge is -2.15. The van der Waals surface area contributed by atoms with Gasteiger partial charge in [0.1, 0.15) is 18.2 Å². The van der Waals surface area contributed by atoms with Crippen molar-refractivity contribution in [2.24, 2.45) is 0 Å². The molecule has 180 valence electrons. The first-order valence-electron chi connectivity index (χ1n) is 10.4. The van der Waals surface area contributed by atoms with Gasteiger partial charge in [0, 0.05) is 10.7 Å². The number of carbonyl (C=O) groups is 1. The summed E-state index contributed by atoms with van der Waals surface area (Å²) in [5.74, 6) is 0.507. The van der Waals surface area contributed by atoms with E-state index in [2.05, 4.69) is 27.9 Å². The van der Waals surface area contributed by atoms with Crippen LogP contribution in [0.15, 0.2) is 54.1 Å². The van der Waals surface area contributed by atoms with E-state index in [1.54, 1.807) is 36.4 Å². The van der Waals surface area contributed by atoms with E-state index in [0.29, 0.717) is 44.4 Å². The minimum atomic E-state index is -0.536. The van der Waals surface area contributed by atoms with E-state index >= 15 is 0 Å². The first-order valence-corrected chi connectivity index (χ1v) is 12.7. The number of aryl methyl sites for hydroxylation is 1. The van der Waals surface area contributed by atoms with Crippen LogP contribution in [-0.2, 0) is 11.4 Å². The molecule has 0 radical (unpaired) electrons. The molecule has 0 spiro atoms. The largest absolute Gasteiger partial charge is 0.490 e. The number of halogens is 4. The number of benzene rings is 3. The number of amides is 1. The van der Waals surface area contributed by atoms with E-state index in [1.165, 1.54) is 6.08 Å². The molecule has 0 fully saturated rings. The summed E-state index contributed by atoms with van der Waals surface area (Å²) in [6.07, 6.45) is 1.50. The summed E-state index contributed by atoms with van der Waals surface area (Å²) in [5, 5.41) is 13.8. The van der Waals surface area contributed by atoms with Crippen LogP contribution in [0.1, 0.15) is 23.6 Å². The third-order valence-electron chi connectivity index (χ3n) is 4.82. The van der Waals surface area contributed by atoms with Gasteiger partial charge in [-0.1, -0.05) is 46.9 Å². The Bertz CT molecular complexity index is 1340. The number of nitrogens with one attached hydrogen (secondary N) is 1. The average molecular weight is 642 g/mol. The van der Waals surface area contributed by atoms with Crippen molar-refractivity contribution < 1.29 is 14.3 Å².